The molecule has 1 fully saturated rings. The van der Waals surface area contributed by atoms with E-state index in [4.69, 9.17) is 21.6 Å². The molecule has 0 amide bonds. The second kappa shape index (κ2) is 4.52. The summed E-state index contributed by atoms with van der Waals surface area (Å²) in [6.45, 7) is -0.482. The first-order chi connectivity index (χ1) is 6.11. The van der Waals surface area contributed by atoms with Crippen molar-refractivity contribution < 1.29 is 25.2 Å². The number of halogens is 1. The van der Waals surface area contributed by atoms with E-state index >= 15 is 0 Å². The van der Waals surface area contributed by atoms with Crippen molar-refractivity contribution in [2.75, 3.05) is 6.61 Å². The van der Waals surface area contributed by atoms with Crippen LogP contribution in [-0.4, -0.2) is 57.7 Å². The van der Waals surface area contributed by atoms with Crippen LogP contribution in [0.1, 0.15) is 0 Å². The van der Waals surface area contributed by atoms with Crippen molar-refractivity contribution in [3.05, 3.63) is 0 Å². The van der Waals surface area contributed by atoms with Gasteiger partial charge in [-0.2, -0.15) is 0 Å². The summed E-state index contributed by atoms with van der Waals surface area (Å²) in [5.74, 6) is 0. The molecule has 1 aliphatic heterocycles. The summed E-state index contributed by atoms with van der Waals surface area (Å²) in [6, 6.07) is -0.973. The topological polar surface area (TPSA) is 102 Å². The van der Waals surface area contributed by atoms with Gasteiger partial charge in [-0.05, 0) is 11.8 Å². The number of nitrogens with one attached hydrogen (secondary N) is 1. The standard InChI is InChI=1S/C6H12ClNO5/c7-8-3-5(11)4(10)2(1-9)13-6(3)12/h2-6,8-12H,1H2/t2?,3?,4-,5-,6?/m1/s1. The highest BCUT2D eigenvalue weighted by Crippen LogP contribution is 2.19. The molecule has 1 rings (SSSR count). The minimum Gasteiger partial charge on any atom is -0.394 e. The van der Waals surface area contributed by atoms with E-state index in [1.54, 1.807) is 0 Å². The van der Waals surface area contributed by atoms with Crippen LogP contribution in [0.25, 0.3) is 0 Å². The van der Waals surface area contributed by atoms with Gasteiger partial charge >= 0.3 is 0 Å². The van der Waals surface area contributed by atoms with Crippen LogP contribution < -0.4 is 4.84 Å². The first-order valence-corrected chi connectivity index (χ1v) is 4.16. The van der Waals surface area contributed by atoms with Crippen molar-refractivity contribution in [1.82, 2.24) is 4.84 Å². The molecular formula is C6H12ClNO5. The Morgan fingerprint density at radius 1 is 1.23 bits per heavy atom. The van der Waals surface area contributed by atoms with Crippen LogP contribution in [0.4, 0.5) is 0 Å². The number of ether oxygens (including phenoxy) is 1. The highest BCUT2D eigenvalue weighted by Gasteiger charge is 2.43. The van der Waals surface area contributed by atoms with Crippen molar-refractivity contribution in [3.63, 3.8) is 0 Å². The first kappa shape index (κ1) is 11.1. The van der Waals surface area contributed by atoms with E-state index in [9.17, 15) is 15.3 Å². The van der Waals surface area contributed by atoms with Crippen molar-refractivity contribution in [1.29, 1.82) is 0 Å². The van der Waals surface area contributed by atoms with Crippen LogP contribution in [0.5, 0.6) is 0 Å². The normalized spacial score (nSPS) is 46.4. The van der Waals surface area contributed by atoms with Crippen molar-refractivity contribution >= 4 is 11.8 Å². The predicted octanol–water partition coefficient (Wildman–Crippen LogP) is -2.47. The van der Waals surface area contributed by atoms with E-state index < -0.39 is 37.3 Å². The third kappa shape index (κ3) is 2.10. The van der Waals surface area contributed by atoms with Crippen molar-refractivity contribution in [2.45, 2.75) is 30.6 Å². The van der Waals surface area contributed by atoms with Gasteiger partial charge in [-0.15, -0.1) is 0 Å². The Morgan fingerprint density at radius 3 is 2.31 bits per heavy atom. The maximum absolute atomic E-state index is 9.36. The lowest BCUT2D eigenvalue weighted by atomic mass is 9.98. The zero-order valence-corrected chi connectivity index (χ0v) is 7.42. The minimum atomic E-state index is -1.35. The van der Waals surface area contributed by atoms with E-state index in [0.717, 1.165) is 0 Å². The molecule has 3 unspecified atom stereocenters. The summed E-state index contributed by atoms with van der Waals surface area (Å²) in [4.78, 5) is 2.08. The molecule has 13 heavy (non-hydrogen) atoms. The summed E-state index contributed by atoms with van der Waals surface area (Å²) >= 11 is 5.20. The Morgan fingerprint density at radius 2 is 1.85 bits per heavy atom. The summed E-state index contributed by atoms with van der Waals surface area (Å²) < 4.78 is 4.77. The Kier molecular flexibility index (Phi) is 3.87. The van der Waals surface area contributed by atoms with Crippen LogP contribution in [0.3, 0.4) is 0 Å². The molecular weight excluding hydrogens is 202 g/mol. The molecule has 0 aromatic heterocycles. The largest absolute Gasteiger partial charge is 0.394 e. The Bertz CT molecular complexity index is 171. The lowest BCUT2D eigenvalue weighted by molar-refractivity contribution is -0.251. The van der Waals surface area contributed by atoms with E-state index in [1.165, 1.54) is 0 Å². The number of rotatable bonds is 2. The van der Waals surface area contributed by atoms with Crippen molar-refractivity contribution in [3.8, 4) is 0 Å². The van der Waals surface area contributed by atoms with Crippen LogP contribution >= 0.6 is 11.8 Å². The van der Waals surface area contributed by atoms with E-state index in [2.05, 4.69) is 4.84 Å². The molecule has 0 aromatic rings. The van der Waals surface area contributed by atoms with Gasteiger partial charge in [0.05, 0.1) is 6.61 Å². The molecule has 1 heterocycles. The zero-order chi connectivity index (χ0) is 10.0. The van der Waals surface area contributed by atoms with E-state index in [0.29, 0.717) is 0 Å². The molecule has 0 aromatic carbocycles. The van der Waals surface area contributed by atoms with Crippen LogP contribution in [0, 0.1) is 0 Å². The average Bonchev–Trinajstić information content (AvgIpc) is 2.12. The fourth-order valence-electron chi connectivity index (χ4n) is 1.21. The molecule has 7 heteroatoms. The smallest absolute Gasteiger partial charge is 0.174 e. The van der Waals surface area contributed by atoms with Crippen LogP contribution in [-0.2, 0) is 4.74 Å². The van der Waals surface area contributed by atoms with Crippen LogP contribution in [0.15, 0.2) is 0 Å². The van der Waals surface area contributed by atoms with E-state index in [-0.39, 0.29) is 0 Å². The lowest BCUT2D eigenvalue weighted by Crippen LogP contribution is -2.61. The second-order valence-corrected chi connectivity index (χ2v) is 3.08. The Labute approximate surface area is 79.8 Å². The molecule has 5 N–H and O–H groups in total. The number of hydrogen-bond acceptors (Lipinski definition) is 6. The predicted molar refractivity (Wildman–Crippen MR) is 42.8 cm³/mol. The van der Waals surface area contributed by atoms with Gasteiger partial charge in [0.1, 0.15) is 24.4 Å². The average molecular weight is 214 g/mol. The Hall–Kier alpha value is 0.0500. The van der Waals surface area contributed by atoms with Crippen LogP contribution in [0.2, 0.25) is 0 Å². The van der Waals surface area contributed by atoms with Gasteiger partial charge in [-0.1, -0.05) is 0 Å². The summed E-state index contributed by atoms with van der Waals surface area (Å²) in [7, 11) is 0. The zero-order valence-electron chi connectivity index (χ0n) is 6.67. The van der Waals surface area contributed by atoms with Gasteiger partial charge in [-0.25, -0.2) is 4.84 Å². The number of aliphatic hydroxyl groups excluding tert-OH is 4. The van der Waals surface area contributed by atoms with Crippen molar-refractivity contribution in [2.24, 2.45) is 0 Å². The highest BCUT2D eigenvalue weighted by atomic mass is 35.5. The van der Waals surface area contributed by atoms with Gasteiger partial charge in [0.15, 0.2) is 6.29 Å². The quantitative estimate of drug-likeness (QED) is 0.326. The lowest BCUT2D eigenvalue weighted by Gasteiger charge is -2.39. The highest BCUT2D eigenvalue weighted by molar-refractivity contribution is 6.13. The SMILES string of the molecule is OCC1OC(O)C(NCl)[C@@H](O)[C@@H]1O. The first-order valence-electron chi connectivity index (χ1n) is 3.78. The van der Waals surface area contributed by atoms with Gasteiger partial charge < -0.3 is 25.2 Å². The molecule has 0 spiro atoms. The molecule has 1 aliphatic rings. The summed E-state index contributed by atoms with van der Waals surface area (Å²) in [5.41, 5.74) is 0. The summed E-state index contributed by atoms with van der Waals surface area (Å²) in [6.07, 6.45) is -4.90. The fraction of sp³-hybridized carbons (Fsp3) is 1.00. The fourth-order valence-corrected chi connectivity index (χ4v) is 1.45. The molecule has 0 saturated carbocycles. The minimum absolute atomic E-state index is 0.482. The summed E-state index contributed by atoms with van der Waals surface area (Å²) in [5, 5.41) is 36.6. The molecule has 1 saturated heterocycles. The molecule has 0 radical (unpaired) electrons. The Balaban J connectivity index is 2.66. The maximum Gasteiger partial charge on any atom is 0.174 e. The molecule has 6 nitrogen and oxygen atoms in total. The monoisotopic (exact) mass is 213 g/mol. The van der Waals surface area contributed by atoms with Gasteiger partial charge in [0.25, 0.3) is 0 Å². The van der Waals surface area contributed by atoms with Gasteiger partial charge in [0, 0.05) is 0 Å². The molecule has 0 aliphatic carbocycles. The number of aliphatic hydroxyl groups is 4. The third-order valence-corrected chi connectivity index (χ3v) is 2.28. The molecule has 78 valence electrons. The van der Waals surface area contributed by atoms with E-state index in [1.807, 2.05) is 0 Å². The maximum atomic E-state index is 9.36. The second-order valence-electron chi connectivity index (χ2n) is 2.86. The third-order valence-electron chi connectivity index (χ3n) is 2.03. The molecule has 0 bridgehead atoms. The van der Waals surface area contributed by atoms with Gasteiger partial charge in [0.2, 0.25) is 0 Å². The molecule has 5 atom stereocenters. The number of hydrogen-bond donors (Lipinski definition) is 5. The van der Waals surface area contributed by atoms with Gasteiger partial charge in [-0.3, -0.25) is 0 Å².